The van der Waals surface area contributed by atoms with Crippen LogP contribution in [0, 0.1) is 0 Å². The van der Waals surface area contributed by atoms with Gasteiger partial charge in [-0.25, -0.2) is 0 Å². The molecule has 3 heterocycles. The first-order chi connectivity index (χ1) is 14.7. The number of aromatic nitrogens is 1. The van der Waals surface area contributed by atoms with Gasteiger partial charge < -0.3 is 20.0 Å². The number of anilines is 2. The van der Waals surface area contributed by atoms with E-state index >= 15 is 0 Å². The topological polar surface area (TPSA) is 87.5 Å². The van der Waals surface area contributed by atoms with Gasteiger partial charge in [-0.05, 0) is 61.2 Å². The first-order valence-corrected chi connectivity index (χ1v) is 10.1. The third kappa shape index (κ3) is 4.68. The molecule has 2 aromatic heterocycles. The molecule has 1 aliphatic rings. The first-order valence-electron chi connectivity index (χ1n) is 10.1. The van der Waals surface area contributed by atoms with Crippen molar-refractivity contribution in [3.63, 3.8) is 0 Å². The van der Waals surface area contributed by atoms with E-state index in [0.29, 0.717) is 17.8 Å². The van der Waals surface area contributed by atoms with Crippen LogP contribution in [0.1, 0.15) is 45.7 Å². The SMILES string of the molecule is O=C(Nc1ccc(N2CCCCC2)c(C(=O)NCc2cccnc2)c1)c1ccco1. The summed E-state index contributed by atoms with van der Waals surface area (Å²) in [7, 11) is 0. The average molecular weight is 404 g/mol. The van der Waals surface area contributed by atoms with E-state index in [1.54, 1.807) is 30.6 Å². The van der Waals surface area contributed by atoms with E-state index in [-0.39, 0.29) is 17.6 Å². The molecule has 7 heteroatoms. The van der Waals surface area contributed by atoms with Crippen molar-refractivity contribution >= 4 is 23.2 Å². The minimum Gasteiger partial charge on any atom is -0.459 e. The van der Waals surface area contributed by atoms with Gasteiger partial charge in [0, 0.05) is 43.4 Å². The van der Waals surface area contributed by atoms with Crippen molar-refractivity contribution in [1.82, 2.24) is 10.3 Å². The van der Waals surface area contributed by atoms with Crippen molar-refractivity contribution in [2.75, 3.05) is 23.3 Å². The lowest BCUT2D eigenvalue weighted by atomic mass is 10.1. The van der Waals surface area contributed by atoms with Gasteiger partial charge in [-0.2, -0.15) is 0 Å². The summed E-state index contributed by atoms with van der Waals surface area (Å²) in [4.78, 5) is 31.7. The molecule has 4 rings (SSSR count). The Morgan fingerprint density at radius 3 is 2.63 bits per heavy atom. The Labute approximate surface area is 175 Å². The smallest absolute Gasteiger partial charge is 0.291 e. The average Bonchev–Trinajstić information content (AvgIpc) is 3.34. The standard InChI is InChI=1S/C23H24N4O3/c28-22(25-16-17-6-4-10-24-15-17)19-14-18(26-23(29)21-7-5-13-30-21)8-9-20(19)27-11-2-1-3-12-27/h4-10,13-15H,1-3,11-12,16H2,(H,25,28)(H,26,29). The summed E-state index contributed by atoms with van der Waals surface area (Å²) < 4.78 is 5.15. The second-order valence-corrected chi connectivity index (χ2v) is 7.26. The Kier molecular flexibility index (Phi) is 6.08. The molecule has 2 N–H and O–H groups in total. The number of piperidine rings is 1. The molecule has 0 aliphatic carbocycles. The van der Waals surface area contributed by atoms with Crippen LogP contribution in [0.15, 0.2) is 65.5 Å². The molecule has 0 radical (unpaired) electrons. The van der Waals surface area contributed by atoms with Gasteiger partial charge in [0.15, 0.2) is 5.76 Å². The Morgan fingerprint density at radius 2 is 1.90 bits per heavy atom. The number of furan rings is 1. The van der Waals surface area contributed by atoms with Crippen LogP contribution in [-0.2, 0) is 6.54 Å². The van der Waals surface area contributed by atoms with Crippen molar-refractivity contribution in [2.24, 2.45) is 0 Å². The predicted octanol–water partition coefficient (Wildman–Crippen LogP) is 3.85. The lowest BCUT2D eigenvalue weighted by molar-refractivity contribution is 0.0949. The van der Waals surface area contributed by atoms with Gasteiger partial charge in [-0.1, -0.05) is 6.07 Å². The molecule has 0 unspecified atom stereocenters. The third-order valence-corrected chi connectivity index (χ3v) is 5.12. The van der Waals surface area contributed by atoms with E-state index in [4.69, 9.17) is 4.42 Å². The molecule has 3 aromatic rings. The fourth-order valence-corrected chi connectivity index (χ4v) is 3.59. The quantitative estimate of drug-likeness (QED) is 0.652. The largest absolute Gasteiger partial charge is 0.459 e. The maximum Gasteiger partial charge on any atom is 0.291 e. The highest BCUT2D eigenvalue weighted by Gasteiger charge is 2.20. The summed E-state index contributed by atoms with van der Waals surface area (Å²) in [5.41, 5.74) is 2.89. The highest BCUT2D eigenvalue weighted by molar-refractivity contribution is 6.05. The summed E-state index contributed by atoms with van der Waals surface area (Å²) >= 11 is 0. The van der Waals surface area contributed by atoms with Crippen LogP contribution < -0.4 is 15.5 Å². The van der Waals surface area contributed by atoms with Gasteiger partial charge >= 0.3 is 0 Å². The van der Waals surface area contributed by atoms with Crippen molar-refractivity contribution < 1.29 is 14.0 Å². The number of nitrogens with one attached hydrogen (secondary N) is 2. The summed E-state index contributed by atoms with van der Waals surface area (Å²) in [6, 6.07) is 12.5. The van der Waals surface area contributed by atoms with Gasteiger partial charge in [0.1, 0.15) is 0 Å². The molecule has 0 saturated carbocycles. The van der Waals surface area contributed by atoms with Gasteiger partial charge in [0.2, 0.25) is 0 Å². The zero-order valence-electron chi connectivity index (χ0n) is 16.6. The number of benzene rings is 1. The second-order valence-electron chi connectivity index (χ2n) is 7.26. The highest BCUT2D eigenvalue weighted by atomic mass is 16.3. The van der Waals surface area contributed by atoms with E-state index in [1.165, 1.54) is 12.7 Å². The Morgan fingerprint density at radius 1 is 1.03 bits per heavy atom. The van der Waals surface area contributed by atoms with E-state index in [0.717, 1.165) is 37.2 Å². The molecular formula is C23H24N4O3. The number of rotatable bonds is 6. The van der Waals surface area contributed by atoms with Crippen LogP contribution in [0.2, 0.25) is 0 Å². The maximum atomic E-state index is 13.1. The van der Waals surface area contributed by atoms with Crippen LogP contribution in [0.4, 0.5) is 11.4 Å². The summed E-state index contributed by atoms with van der Waals surface area (Å²) in [5.74, 6) is -0.321. The number of nitrogens with zero attached hydrogens (tertiary/aromatic N) is 2. The zero-order valence-corrected chi connectivity index (χ0v) is 16.6. The van der Waals surface area contributed by atoms with Gasteiger partial charge in [-0.15, -0.1) is 0 Å². The number of hydrogen-bond acceptors (Lipinski definition) is 5. The number of pyridine rings is 1. The molecule has 154 valence electrons. The van der Waals surface area contributed by atoms with Crippen LogP contribution >= 0.6 is 0 Å². The zero-order chi connectivity index (χ0) is 20.8. The summed E-state index contributed by atoms with van der Waals surface area (Å²) in [6.07, 6.45) is 8.29. The van der Waals surface area contributed by atoms with E-state index in [9.17, 15) is 9.59 Å². The second kappa shape index (κ2) is 9.26. The molecule has 2 amide bonds. The number of hydrogen-bond donors (Lipinski definition) is 2. The summed E-state index contributed by atoms with van der Waals surface area (Å²) in [6.45, 7) is 2.22. The highest BCUT2D eigenvalue weighted by Crippen LogP contribution is 2.27. The van der Waals surface area contributed by atoms with E-state index in [2.05, 4.69) is 20.5 Å². The third-order valence-electron chi connectivity index (χ3n) is 5.12. The molecule has 0 bridgehead atoms. The molecule has 1 fully saturated rings. The Bertz CT molecular complexity index is 997. The predicted molar refractivity (Wildman–Crippen MR) is 115 cm³/mol. The van der Waals surface area contributed by atoms with Gasteiger partial charge in [0.05, 0.1) is 11.8 Å². The molecule has 1 saturated heterocycles. The van der Waals surface area contributed by atoms with Crippen molar-refractivity contribution in [3.05, 3.63) is 78.0 Å². The van der Waals surface area contributed by atoms with Crippen LogP contribution in [0.5, 0.6) is 0 Å². The molecule has 1 aromatic carbocycles. The molecular weight excluding hydrogens is 380 g/mol. The molecule has 7 nitrogen and oxygen atoms in total. The molecule has 0 atom stereocenters. The van der Waals surface area contributed by atoms with Crippen LogP contribution in [0.25, 0.3) is 0 Å². The van der Waals surface area contributed by atoms with Crippen molar-refractivity contribution in [3.8, 4) is 0 Å². The van der Waals surface area contributed by atoms with E-state index in [1.807, 2.05) is 24.3 Å². The van der Waals surface area contributed by atoms with Gasteiger partial charge in [-0.3, -0.25) is 14.6 Å². The fraction of sp³-hybridized carbons (Fsp3) is 0.261. The van der Waals surface area contributed by atoms with Crippen LogP contribution in [0.3, 0.4) is 0 Å². The first kappa shape index (κ1) is 19.7. The lowest BCUT2D eigenvalue weighted by Gasteiger charge is -2.30. The number of amides is 2. The molecule has 0 spiro atoms. The normalized spacial score (nSPS) is 13.7. The Balaban J connectivity index is 1.56. The van der Waals surface area contributed by atoms with Crippen molar-refractivity contribution in [1.29, 1.82) is 0 Å². The minimum atomic E-state index is -0.354. The fourth-order valence-electron chi connectivity index (χ4n) is 3.59. The summed E-state index contributed by atoms with van der Waals surface area (Å²) in [5, 5.41) is 5.77. The maximum absolute atomic E-state index is 13.1. The lowest BCUT2D eigenvalue weighted by Crippen LogP contribution is -2.32. The minimum absolute atomic E-state index is 0.187. The number of carbonyl (C=O) groups excluding carboxylic acids is 2. The number of carbonyl (C=O) groups is 2. The van der Waals surface area contributed by atoms with Crippen LogP contribution in [-0.4, -0.2) is 29.9 Å². The monoisotopic (exact) mass is 404 g/mol. The molecule has 1 aliphatic heterocycles. The van der Waals surface area contributed by atoms with Gasteiger partial charge in [0.25, 0.3) is 11.8 Å². The molecule has 30 heavy (non-hydrogen) atoms. The van der Waals surface area contributed by atoms with Crippen molar-refractivity contribution in [2.45, 2.75) is 25.8 Å². The Hall–Kier alpha value is -3.61. The van der Waals surface area contributed by atoms with E-state index < -0.39 is 0 Å².